The molecule has 0 spiro atoms. The lowest BCUT2D eigenvalue weighted by molar-refractivity contribution is -0.384. The Labute approximate surface area is 83.5 Å². The fraction of sp³-hybridized carbons (Fsp3) is 0.125. The third kappa shape index (κ3) is 1.39. The molecule has 6 heteroatoms. The Balaban J connectivity index is 2.60. The van der Waals surface area contributed by atoms with Crippen molar-refractivity contribution in [2.45, 2.75) is 0 Å². The zero-order chi connectivity index (χ0) is 10.1. The molecule has 14 heavy (non-hydrogen) atoms. The number of nitro groups is 1. The number of nitrogens with one attached hydrogen (secondary N) is 1. The first-order valence-electron chi connectivity index (χ1n) is 3.93. The van der Waals surface area contributed by atoms with Crippen molar-refractivity contribution < 1.29 is 4.92 Å². The van der Waals surface area contributed by atoms with Crippen LogP contribution in [0.2, 0.25) is 0 Å². The first kappa shape index (κ1) is 8.89. The van der Waals surface area contributed by atoms with Crippen LogP contribution in [0.4, 0.5) is 10.8 Å². The molecule has 1 aromatic carbocycles. The van der Waals surface area contributed by atoms with Gasteiger partial charge in [-0.05, 0) is 39.4 Å². The minimum absolute atomic E-state index is 0.0618. The van der Waals surface area contributed by atoms with Crippen LogP contribution in [-0.2, 0) is 0 Å². The number of anilines is 1. The molecule has 0 aliphatic carbocycles. The molecular weight excluding hydrogens is 202 g/mol. The average Bonchev–Trinajstić information content (AvgIpc) is 2.59. The Morgan fingerprint density at radius 3 is 3.00 bits per heavy atom. The molecule has 0 atom stereocenters. The summed E-state index contributed by atoms with van der Waals surface area (Å²) >= 11 is 1.08. The van der Waals surface area contributed by atoms with Crippen molar-refractivity contribution in [2.75, 3.05) is 12.4 Å². The molecule has 0 bridgehead atoms. The Kier molecular flexibility index (Phi) is 2.05. The number of fused-ring (bicyclic) bond motifs is 1. The van der Waals surface area contributed by atoms with Crippen LogP contribution in [0.25, 0.3) is 10.2 Å². The van der Waals surface area contributed by atoms with Gasteiger partial charge in [-0.3, -0.25) is 0 Å². The second kappa shape index (κ2) is 3.22. The molecule has 2 aromatic rings. The van der Waals surface area contributed by atoms with Gasteiger partial charge in [-0.1, -0.05) is 0 Å². The summed E-state index contributed by atoms with van der Waals surface area (Å²) in [4.78, 5) is 13.9. The van der Waals surface area contributed by atoms with Crippen LogP contribution in [0.3, 0.4) is 0 Å². The number of nitrogens with zero attached hydrogens (tertiary/aromatic N) is 2. The Morgan fingerprint density at radius 2 is 2.36 bits per heavy atom. The maximum atomic E-state index is 10.5. The molecule has 0 radical (unpaired) electrons. The highest BCUT2D eigenvalue weighted by atomic mass is 32.1. The minimum atomic E-state index is -0.469. The van der Waals surface area contributed by atoms with Gasteiger partial charge >= 0.3 is 5.13 Å². The van der Waals surface area contributed by atoms with Crippen molar-refractivity contribution in [3.8, 4) is 0 Å². The lowest BCUT2D eigenvalue weighted by Gasteiger charge is -1.95. The second-order valence-corrected chi connectivity index (χ2v) is 3.70. The molecule has 0 amide bonds. The molecular formula is C8H7N3O2S. The molecule has 2 rings (SSSR count). The number of aromatic nitrogens is 1. The summed E-state index contributed by atoms with van der Waals surface area (Å²) < 4.78 is 0.823. The molecule has 0 unspecified atom stereocenters. The van der Waals surface area contributed by atoms with Gasteiger partial charge in [0.1, 0.15) is 0 Å². The van der Waals surface area contributed by atoms with E-state index in [0.717, 1.165) is 21.7 Å². The van der Waals surface area contributed by atoms with E-state index < -0.39 is 4.92 Å². The number of benzene rings is 1. The molecule has 0 fully saturated rings. The highest BCUT2D eigenvalue weighted by Crippen LogP contribution is 2.29. The van der Waals surface area contributed by atoms with E-state index in [4.69, 9.17) is 0 Å². The van der Waals surface area contributed by atoms with Gasteiger partial charge in [0.15, 0.2) is 5.52 Å². The summed E-state index contributed by atoms with van der Waals surface area (Å²) in [7, 11) is 1.80. The van der Waals surface area contributed by atoms with Crippen molar-refractivity contribution in [1.29, 1.82) is 0 Å². The Hall–Kier alpha value is -1.69. The van der Waals surface area contributed by atoms with Gasteiger partial charge < -0.3 is 15.4 Å². The zero-order valence-electron chi connectivity index (χ0n) is 7.35. The summed E-state index contributed by atoms with van der Waals surface area (Å²) in [6.07, 6.45) is 0. The molecule has 5 nitrogen and oxygen atoms in total. The summed E-state index contributed by atoms with van der Waals surface area (Å²) in [5.41, 5.74) is 1.59. The largest absolute Gasteiger partial charge is 0.424 e. The summed E-state index contributed by atoms with van der Waals surface area (Å²) in [6.45, 7) is 0. The van der Waals surface area contributed by atoms with Gasteiger partial charge in [-0.2, -0.15) is 0 Å². The van der Waals surface area contributed by atoms with Gasteiger partial charge in [0.2, 0.25) is 0 Å². The second-order valence-electron chi connectivity index (χ2n) is 2.69. The first-order chi connectivity index (χ1) is 6.70. The molecule has 0 saturated heterocycles. The monoisotopic (exact) mass is 209 g/mol. The van der Waals surface area contributed by atoms with E-state index >= 15 is 0 Å². The average molecular weight is 209 g/mol. The van der Waals surface area contributed by atoms with E-state index in [2.05, 4.69) is 10.3 Å². The van der Waals surface area contributed by atoms with E-state index in [9.17, 15) is 10.1 Å². The number of hydrogen-bond donors (Lipinski definition) is 1. The van der Waals surface area contributed by atoms with Crippen molar-refractivity contribution >= 4 is 32.4 Å². The van der Waals surface area contributed by atoms with Gasteiger partial charge in [0.05, 0.1) is 4.70 Å². The highest BCUT2D eigenvalue weighted by molar-refractivity contribution is 7.21. The van der Waals surface area contributed by atoms with Crippen LogP contribution in [0, 0.1) is 10.1 Å². The molecule has 0 aliphatic heterocycles. The number of thiazole rings is 1. The van der Waals surface area contributed by atoms with Crippen LogP contribution in [-0.4, -0.2) is 17.0 Å². The lowest BCUT2D eigenvalue weighted by Crippen LogP contribution is -1.86. The topological polar surface area (TPSA) is 68.1 Å². The van der Waals surface area contributed by atoms with E-state index in [1.807, 2.05) is 12.1 Å². The smallest absolute Gasteiger partial charge is 0.388 e. The van der Waals surface area contributed by atoms with Crippen molar-refractivity contribution in [3.63, 3.8) is 0 Å². The molecule has 0 aliphatic rings. The van der Waals surface area contributed by atoms with Crippen LogP contribution >= 0.6 is 11.3 Å². The minimum Gasteiger partial charge on any atom is -0.388 e. The van der Waals surface area contributed by atoms with Crippen LogP contribution < -0.4 is 5.32 Å². The van der Waals surface area contributed by atoms with Crippen molar-refractivity contribution in [3.05, 3.63) is 28.3 Å². The molecule has 1 heterocycles. The predicted octanol–water partition coefficient (Wildman–Crippen LogP) is 2.25. The summed E-state index contributed by atoms with van der Waals surface area (Å²) in [5, 5.41) is 13.4. The Morgan fingerprint density at radius 1 is 1.57 bits per heavy atom. The van der Waals surface area contributed by atoms with E-state index in [1.165, 1.54) is 0 Å². The maximum absolute atomic E-state index is 10.5. The highest BCUT2D eigenvalue weighted by Gasteiger charge is 2.14. The van der Waals surface area contributed by atoms with Crippen LogP contribution in [0.1, 0.15) is 0 Å². The quantitative estimate of drug-likeness (QED) is 0.608. The zero-order valence-corrected chi connectivity index (χ0v) is 8.17. The van der Waals surface area contributed by atoms with Crippen LogP contribution in [0.5, 0.6) is 0 Å². The SMILES string of the molecule is CNc1ccc2nc([N+](=O)[O-])sc2c1. The fourth-order valence-corrected chi connectivity index (χ4v) is 1.97. The van der Waals surface area contributed by atoms with Gasteiger partial charge in [0.25, 0.3) is 0 Å². The van der Waals surface area contributed by atoms with Crippen molar-refractivity contribution in [1.82, 2.24) is 4.98 Å². The van der Waals surface area contributed by atoms with Crippen molar-refractivity contribution in [2.24, 2.45) is 0 Å². The van der Waals surface area contributed by atoms with Crippen LogP contribution in [0.15, 0.2) is 18.2 Å². The molecule has 0 saturated carbocycles. The molecule has 1 aromatic heterocycles. The summed E-state index contributed by atoms with van der Waals surface area (Å²) in [6, 6.07) is 5.45. The van der Waals surface area contributed by atoms with E-state index in [1.54, 1.807) is 13.1 Å². The Bertz CT molecular complexity index is 494. The van der Waals surface area contributed by atoms with Gasteiger partial charge in [-0.15, -0.1) is 0 Å². The predicted molar refractivity (Wildman–Crippen MR) is 55.8 cm³/mol. The summed E-state index contributed by atoms with van der Waals surface area (Å²) in [5.74, 6) is 0. The number of hydrogen-bond acceptors (Lipinski definition) is 5. The third-order valence-electron chi connectivity index (χ3n) is 1.82. The lowest BCUT2D eigenvalue weighted by atomic mass is 10.3. The van der Waals surface area contributed by atoms with Gasteiger partial charge in [-0.25, -0.2) is 0 Å². The fourth-order valence-electron chi connectivity index (χ4n) is 1.15. The normalized spacial score (nSPS) is 10.4. The number of rotatable bonds is 2. The maximum Gasteiger partial charge on any atom is 0.424 e. The molecule has 72 valence electrons. The standard InChI is InChI=1S/C8H7N3O2S/c1-9-5-2-3-6-7(4-5)14-8(10-6)11(12)13/h2-4,9H,1H3. The van der Waals surface area contributed by atoms with Gasteiger partial charge in [0, 0.05) is 12.7 Å². The van der Waals surface area contributed by atoms with E-state index in [-0.39, 0.29) is 5.13 Å². The first-order valence-corrected chi connectivity index (χ1v) is 4.75. The third-order valence-corrected chi connectivity index (χ3v) is 2.79. The molecule has 1 N–H and O–H groups in total. The van der Waals surface area contributed by atoms with E-state index in [0.29, 0.717) is 5.52 Å².